The van der Waals surface area contributed by atoms with Gasteiger partial charge in [0.1, 0.15) is 4.90 Å². The molecule has 1 heterocycles. The van der Waals surface area contributed by atoms with Crippen molar-refractivity contribution in [3.05, 3.63) is 28.8 Å². The van der Waals surface area contributed by atoms with E-state index in [0.717, 1.165) is 38.5 Å². The van der Waals surface area contributed by atoms with Crippen molar-refractivity contribution in [1.82, 2.24) is 9.62 Å². The smallest absolute Gasteiger partial charge is 0.251 e. The van der Waals surface area contributed by atoms with Gasteiger partial charge in [0.05, 0.1) is 5.02 Å². The number of carbonyl (C=O) groups excluding carboxylic acids is 1. The van der Waals surface area contributed by atoms with E-state index >= 15 is 0 Å². The first-order valence-corrected chi connectivity index (χ1v) is 10.8. The van der Waals surface area contributed by atoms with Crippen LogP contribution in [0.5, 0.6) is 0 Å². The summed E-state index contributed by atoms with van der Waals surface area (Å²) in [5, 5.41) is 3.12. The normalized spacial score (nSPS) is 20.7. The second-order valence-electron chi connectivity index (χ2n) is 7.06. The number of nitrogens with one attached hydrogen (secondary N) is 1. The fourth-order valence-corrected chi connectivity index (χ4v) is 5.29. The van der Waals surface area contributed by atoms with Crippen LogP contribution in [0.1, 0.15) is 55.8 Å². The van der Waals surface area contributed by atoms with Gasteiger partial charge in [0.15, 0.2) is 0 Å². The average Bonchev–Trinajstić information content (AvgIpc) is 3.41. The highest BCUT2D eigenvalue weighted by molar-refractivity contribution is 7.89. The summed E-state index contributed by atoms with van der Waals surface area (Å²) in [6, 6.07) is 4.60. The van der Waals surface area contributed by atoms with Crippen LogP contribution in [0.3, 0.4) is 0 Å². The highest BCUT2D eigenvalue weighted by Gasteiger charge is 2.31. The Bertz CT molecular complexity index is 739. The van der Waals surface area contributed by atoms with Gasteiger partial charge in [0.2, 0.25) is 10.0 Å². The van der Waals surface area contributed by atoms with E-state index in [1.807, 2.05) is 6.92 Å². The van der Waals surface area contributed by atoms with Gasteiger partial charge in [-0.15, -0.1) is 0 Å². The number of sulfonamides is 1. The predicted octanol–water partition coefficient (Wildman–Crippen LogP) is 3.43. The molecule has 25 heavy (non-hydrogen) atoms. The maximum Gasteiger partial charge on any atom is 0.251 e. The van der Waals surface area contributed by atoms with Gasteiger partial charge in [0, 0.05) is 24.7 Å². The Labute approximate surface area is 154 Å². The molecule has 1 aromatic carbocycles. The van der Waals surface area contributed by atoms with Crippen molar-refractivity contribution in [2.45, 2.75) is 56.4 Å². The number of hydrogen-bond acceptors (Lipinski definition) is 3. The average molecular weight is 385 g/mol. The van der Waals surface area contributed by atoms with Crippen LogP contribution in [-0.4, -0.2) is 37.8 Å². The van der Waals surface area contributed by atoms with Crippen LogP contribution in [0.25, 0.3) is 0 Å². The summed E-state index contributed by atoms with van der Waals surface area (Å²) >= 11 is 6.17. The zero-order valence-electron chi connectivity index (χ0n) is 14.5. The third kappa shape index (κ3) is 4.36. The molecule has 5 nitrogen and oxygen atoms in total. The van der Waals surface area contributed by atoms with Crippen molar-refractivity contribution in [2.24, 2.45) is 5.92 Å². The van der Waals surface area contributed by atoms with Gasteiger partial charge < -0.3 is 5.32 Å². The maximum absolute atomic E-state index is 13.0. The Balaban J connectivity index is 1.83. The van der Waals surface area contributed by atoms with Gasteiger partial charge in [0.25, 0.3) is 5.91 Å². The Kier molecular flexibility index (Phi) is 5.71. The molecule has 0 bridgehead atoms. The van der Waals surface area contributed by atoms with Crippen LogP contribution < -0.4 is 5.32 Å². The van der Waals surface area contributed by atoms with Gasteiger partial charge in [-0.05, 0) is 56.7 Å². The molecule has 1 atom stereocenters. The number of rotatable bonds is 5. The van der Waals surface area contributed by atoms with Gasteiger partial charge in [-0.2, -0.15) is 4.31 Å². The SMILES string of the molecule is C[C@@H](NC(=O)c1ccc(Cl)c(S(=O)(=O)N2CCCCCC2)c1)C1CC1. The Morgan fingerprint density at radius 2 is 1.84 bits per heavy atom. The van der Waals surface area contributed by atoms with Crippen LogP contribution in [0.15, 0.2) is 23.1 Å². The molecular weight excluding hydrogens is 360 g/mol. The van der Waals surface area contributed by atoms with Crippen LogP contribution in [0.4, 0.5) is 0 Å². The second-order valence-corrected chi connectivity index (χ2v) is 9.38. The molecular formula is C18H25ClN2O3S. The Hall–Kier alpha value is -1.11. The first kappa shape index (κ1) is 18.7. The molecule has 1 aliphatic carbocycles. The van der Waals surface area contributed by atoms with Crippen molar-refractivity contribution in [1.29, 1.82) is 0 Å². The predicted molar refractivity (Wildman–Crippen MR) is 98.3 cm³/mol. The summed E-state index contributed by atoms with van der Waals surface area (Å²) in [5.74, 6) is 0.292. The molecule has 1 saturated heterocycles. The molecule has 1 amide bonds. The topological polar surface area (TPSA) is 66.5 Å². The number of hydrogen-bond donors (Lipinski definition) is 1. The lowest BCUT2D eigenvalue weighted by atomic mass is 10.1. The van der Waals surface area contributed by atoms with Gasteiger partial charge >= 0.3 is 0 Å². The molecule has 1 saturated carbocycles. The zero-order chi connectivity index (χ0) is 18.0. The lowest BCUT2D eigenvalue weighted by molar-refractivity contribution is 0.0935. The highest BCUT2D eigenvalue weighted by Crippen LogP contribution is 2.32. The lowest BCUT2D eigenvalue weighted by Gasteiger charge is -2.21. The number of amides is 1. The summed E-state index contributed by atoms with van der Waals surface area (Å²) in [5.41, 5.74) is 0.338. The van der Waals surface area contributed by atoms with Crippen molar-refractivity contribution < 1.29 is 13.2 Å². The minimum absolute atomic E-state index is 0.0304. The molecule has 3 rings (SSSR count). The molecule has 1 aliphatic heterocycles. The molecule has 7 heteroatoms. The standard InChI is InChI=1S/C18H25ClN2O3S/c1-13(14-6-7-14)20-18(22)15-8-9-16(19)17(12-15)25(23,24)21-10-4-2-3-5-11-21/h8-9,12-14H,2-7,10-11H2,1H3,(H,20,22)/t13-/m1/s1. The number of carbonyl (C=O) groups is 1. The van der Waals surface area contributed by atoms with E-state index in [-0.39, 0.29) is 21.9 Å². The first-order chi connectivity index (χ1) is 11.9. The first-order valence-electron chi connectivity index (χ1n) is 9.00. The van der Waals surface area contributed by atoms with Crippen LogP contribution in [0, 0.1) is 5.92 Å². The van der Waals surface area contributed by atoms with Gasteiger partial charge in [-0.1, -0.05) is 24.4 Å². The lowest BCUT2D eigenvalue weighted by Crippen LogP contribution is -2.35. The van der Waals surface area contributed by atoms with Gasteiger partial charge in [-0.25, -0.2) is 8.42 Å². The summed E-state index contributed by atoms with van der Waals surface area (Å²) in [6.45, 7) is 3.00. The third-order valence-electron chi connectivity index (χ3n) is 5.06. The molecule has 0 unspecified atom stereocenters. The molecule has 1 N–H and O–H groups in total. The molecule has 138 valence electrons. The fraction of sp³-hybridized carbons (Fsp3) is 0.611. The van der Waals surface area contributed by atoms with E-state index < -0.39 is 10.0 Å². The Morgan fingerprint density at radius 1 is 1.20 bits per heavy atom. The van der Waals surface area contributed by atoms with E-state index in [1.165, 1.54) is 16.4 Å². The quantitative estimate of drug-likeness (QED) is 0.845. The molecule has 0 radical (unpaired) electrons. The van der Waals surface area contributed by atoms with Crippen molar-refractivity contribution in [3.8, 4) is 0 Å². The third-order valence-corrected chi connectivity index (χ3v) is 7.44. The van der Waals surface area contributed by atoms with Crippen molar-refractivity contribution in [2.75, 3.05) is 13.1 Å². The largest absolute Gasteiger partial charge is 0.349 e. The van der Waals surface area contributed by atoms with Crippen molar-refractivity contribution in [3.63, 3.8) is 0 Å². The van der Waals surface area contributed by atoms with Crippen molar-refractivity contribution >= 4 is 27.5 Å². The van der Waals surface area contributed by atoms with Crippen LogP contribution >= 0.6 is 11.6 Å². The van der Waals surface area contributed by atoms with Crippen LogP contribution in [0.2, 0.25) is 5.02 Å². The van der Waals surface area contributed by atoms with Gasteiger partial charge in [-0.3, -0.25) is 4.79 Å². The number of nitrogens with zero attached hydrogens (tertiary/aromatic N) is 1. The zero-order valence-corrected chi connectivity index (χ0v) is 16.1. The molecule has 0 spiro atoms. The Morgan fingerprint density at radius 3 is 2.44 bits per heavy atom. The monoisotopic (exact) mass is 384 g/mol. The van der Waals surface area contributed by atoms with Crippen LogP contribution in [-0.2, 0) is 10.0 Å². The number of benzene rings is 1. The highest BCUT2D eigenvalue weighted by atomic mass is 35.5. The second kappa shape index (κ2) is 7.64. The summed E-state index contributed by atoms with van der Waals surface area (Å²) in [4.78, 5) is 12.5. The van der Waals surface area contributed by atoms with E-state index in [1.54, 1.807) is 6.07 Å². The minimum Gasteiger partial charge on any atom is -0.349 e. The van der Waals surface area contributed by atoms with E-state index in [2.05, 4.69) is 5.32 Å². The minimum atomic E-state index is -3.68. The fourth-order valence-electron chi connectivity index (χ4n) is 3.27. The maximum atomic E-state index is 13.0. The molecule has 2 aliphatic rings. The van der Waals surface area contributed by atoms with E-state index in [9.17, 15) is 13.2 Å². The number of halogens is 1. The van der Waals surface area contributed by atoms with E-state index in [0.29, 0.717) is 24.6 Å². The molecule has 0 aromatic heterocycles. The molecule has 2 fully saturated rings. The summed E-state index contributed by atoms with van der Waals surface area (Å²) in [7, 11) is -3.68. The summed E-state index contributed by atoms with van der Waals surface area (Å²) in [6.07, 6.45) is 6.07. The summed E-state index contributed by atoms with van der Waals surface area (Å²) < 4.78 is 27.5. The molecule has 1 aromatic rings. The van der Waals surface area contributed by atoms with E-state index in [4.69, 9.17) is 11.6 Å².